The maximum Gasteiger partial charge on any atom is 0.277 e. The number of amides is 1. The van der Waals surface area contributed by atoms with Crippen molar-refractivity contribution in [1.82, 2.24) is 15.2 Å². The van der Waals surface area contributed by atoms with Gasteiger partial charge in [0.2, 0.25) is 0 Å². The normalized spacial score (nSPS) is 11.1. The molecule has 0 aliphatic rings. The van der Waals surface area contributed by atoms with Gasteiger partial charge < -0.3 is 4.74 Å². The van der Waals surface area contributed by atoms with Gasteiger partial charge >= 0.3 is 0 Å². The summed E-state index contributed by atoms with van der Waals surface area (Å²) in [5.41, 5.74) is 6.37. The minimum Gasteiger partial charge on any atom is -0.484 e. The van der Waals surface area contributed by atoms with Crippen LogP contribution in [0.3, 0.4) is 0 Å². The van der Waals surface area contributed by atoms with Crippen LogP contribution < -0.4 is 10.2 Å². The van der Waals surface area contributed by atoms with Gasteiger partial charge in [0, 0.05) is 5.02 Å². The number of aromatic nitrogens is 2. The molecule has 0 atom stereocenters. The van der Waals surface area contributed by atoms with Crippen LogP contribution in [0.15, 0.2) is 47.6 Å². The Morgan fingerprint density at radius 1 is 1.17 bits per heavy atom. The van der Waals surface area contributed by atoms with Crippen LogP contribution in [0, 0.1) is 20.8 Å². The standard InChI is InChI=1S/C21H20Cl2N4O2/c1-13-9-17(10-14(2)20(13)22)29-12-19(28)25-24-11-18-15(3)26-27(21(18)23)16-7-5-4-6-8-16/h4-11H,12H2,1-3H3,(H,25,28)/b24-11-. The summed E-state index contributed by atoms with van der Waals surface area (Å²) in [5, 5.41) is 9.49. The smallest absolute Gasteiger partial charge is 0.277 e. The van der Waals surface area contributed by atoms with E-state index in [1.807, 2.05) is 51.1 Å². The van der Waals surface area contributed by atoms with Crippen molar-refractivity contribution in [2.24, 2.45) is 5.10 Å². The summed E-state index contributed by atoms with van der Waals surface area (Å²) in [4.78, 5) is 12.0. The second-order valence-electron chi connectivity index (χ2n) is 6.49. The topological polar surface area (TPSA) is 68.5 Å². The first-order valence-corrected chi connectivity index (χ1v) is 9.64. The Hall–Kier alpha value is -2.83. The third-order valence-electron chi connectivity index (χ3n) is 4.21. The van der Waals surface area contributed by atoms with Crippen molar-refractivity contribution in [3.63, 3.8) is 0 Å². The van der Waals surface area contributed by atoms with Gasteiger partial charge in [0.1, 0.15) is 10.9 Å². The second-order valence-corrected chi connectivity index (χ2v) is 7.23. The van der Waals surface area contributed by atoms with Gasteiger partial charge in [-0.25, -0.2) is 10.1 Å². The zero-order chi connectivity index (χ0) is 21.0. The molecule has 0 aliphatic carbocycles. The SMILES string of the molecule is Cc1cc(OCC(=O)N/N=C\c2c(C)nn(-c3ccccc3)c2Cl)cc(C)c1Cl. The lowest BCUT2D eigenvalue weighted by Gasteiger charge is -2.09. The van der Waals surface area contributed by atoms with Crippen molar-refractivity contribution >= 4 is 35.3 Å². The number of ether oxygens (including phenoxy) is 1. The summed E-state index contributed by atoms with van der Waals surface area (Å²) >= 11 is 12.6. The lowest BCUT2D eigenvalue weighted by Crippen LogP contribution is -2.24. The van der Waals surface area contributed by atoms with E-state index in [1.54, 1.807) is 16.8 Å². The molecular formula is C21H20Cl2N4O2. The molecule has 1 heterocycles. The number of halogens is 2. The lowest BCUT2D eigenvalue weighted by molar-refractivity contribution is -0.123. The number of nitrogens with one attached hydrogen (secondary N) is 1. The number of aryl methyl sites for hydroxylation is 3. The first-order chi connectivity index (χ1) is 13.9. The summed E-state index contributed by atoms with van der Waals surface area (Å²) < 4.78 is 7.13. The first-order valence-electron chi connectivity index (χ1n) is 8.89. The number of carbonyl (C=O) groups excluding carboxylic acids is 1. The highest BCUT2D eigenvalue weighted by Crippen LogP contribution is 2.26. The zero-order valence-electron chi connectivity index (χ0n) is 16.2. The van der Waals surface area contributed by atoms with E-state index in [1.165, 1.54) is 6.21 Å². The summed E-state index contributed by atoms with van der Waals surface area (Å²) in [6, 6.07) is 13.1. The van der Waals surface area contributed by atoms with Gasteiger partial charge in [-0.15, -0.1) is 0 Å². The highest BCUT2D eigenvalue weighted by atomic mass is 35.5. The van der Waals surface area contributed by atoms with Crippen LogP contribution in [0.4, 0.5) is 0 Å². The number of nitrogens with zero attached hydrogens (tertiary/aromatic N) is 3. The molecule has 0 saturated carbocycles. The Morgan fingerprint density at radius 2 is 1.83 bits per heavy atom. The van der Waals surface area contributed by atoms with E-state index in [2.05, 4.69) is 15.6 Å². The van der Waals surface area contributed by atoms with Gasteiger partial charge in [-0.3, -0.25) is 4.79 Å². The molecule has 1 amide bonds. The molecule has 0 unspecified atom stereocenters. The molecule has 0 fully saturated rings. The van der Waals surface area contributed by atoms with Crippen molar-refractivity contribution < 1.29 is 9.53 Å². The molecule has 3 rings (SSSR count). The van der Waals surface area contributed by atoms with E-state index < -0.39 is 5.91 Å². The summed E-state index contributed by atoms with van der Waals surface area (Å²) in [7, 11) is 0. The van der Waals surface area contributed by atoms with E-state index in [4.69, 9.17) is 27.9 Å². The third-order valence-corrected chi connectivity index (χ3v) is 5.17. The van der Waals surface area contributed by atoms with Crippen molar-refractivity contribution in [2.75, 3.05) is 6.61 Å². The maximum atomic E-state index is 12.0. The number of benzene rings is 2. The number of carbonyl (C=O) groups is 1. The van der Waals surface area contributed by atoms with Gasteiger partial charge in [-0.2, -0.15) is 10.2 Å². The molecule has 6 nitrogen and oxygen atoms in total. The van der Waals surface area contributed by atoms with Gasteiger partial charge in [0.25, 0.3) is 5.91 Å². The average Bonchev–Trinajstić information content (AvgIpc) is 2.99. The molecule has 8 heteroatoms. The van der Waals surface area contributed by atoms with Crippen molar-refractivity contribution in [3.8, 4) is 11.4 Å². The molecule has 3 aromatic rings. The predicted molar refractivity (Wildman–Crippen MR) is 115 cm³/mol. The van der Waals surface area contributed by atoms with Crippen LogP contribution in [-0.2, 0) is 4.79 Å². The molecule has 0 aliphatic heterocycles. The van der Waals surface area contributed by atoms with Crippen molar-refractivity contribution in [2.45, 2.75) is 20.8 Å². The summed E-state index contributed by atoms with van der Waals surface area (Å²) in [5.74, 6) is 0.183. The molecule has 1 N–H and O–H groups in total. The number of rotatable bonds is 6. The largest absolute Gasteiger partial charge is 0.484 e. The number of hydrazone groups is 1. The van der Waals surface area contributed by atoms with E-state index in [9.17, 15) is 4.79 Å². The molecule has 0 radical (unpaired) electrons. The number of hydrogen-bond acceptors (Lipinski definition) is 4. The lowest BCUT2D eigenvalue weighted by atomic mass is 10.1. The quantitative estimate of drug-likeness (QED) is 0.457. The summed E-state index contributed by atoms with van der Waals surface area (Å²) in [6.45, 7) is 5.42. The molecule has 0 spiro atoms. The fourth-order valence-electron chi connectivity index (χ4n) is 2.74. The average molecular weight is 431 g/mol. The number of hydrogen-bond donors (Lipinski definition) is 1. The first kappa shape index (κ1) is 20.9. The molecule has 29 heavy (non-hydrogen) atoms. The van der Waals surface area contributed by atoms with E-state index >= 15 is 0 Å². The monoisotopic (exact) mass is 430 g/mol. The zero-order valence-corrected chi connectivity index (χ0v) is 17.8. The van der Waals surface area contributed by atoms with Crippen LogP contribution in [0.2, 0.25) is 10.2 Å². The fourth-order valence-corrected chi connectivity index (χ4v) is 3.17. The molecule has 0 bridgehead atoms. The van der Waals surface area contributed by atoms with E-state index in [0.717, 1.165) is 16.8 Å². The minimum absolute atomic E-state index is 0.173. The Labute approximate surface area is 179 Å². The van der Waals surface area contributed by atoms with Gasteiger partial charge in [0.15, 0.2) is 6.61 Å². The Bertz CT molecular complexity index is 1040. The Kier molecular flexibility index (Phi) is 6.56. The van der Waals surface area contributed by atoms with Gasteiger partial charge in [0.05, 0.1) is 23.2 Å². The van der Waals surface area contributed by atoms with Crippen LogP contribution >= 0.6 is 23.2 Å². The van der Waals surface area contributed by atoms with Crippen LogP contribution in [-0.4, -0.2) is 28.5 Å². The van der Waals surface area contributed by atoms with Crippen LogP contribution in [0.25, 0.3) is 5.69 Å². The third kappa shape index (κ3) is 4.96. The molecule has 1 aromatic heterocycles. The fraction of sp³-hybridized carbons (Fsp3) is 0.190. The van der Waals surface area contributed by atoms with Crippen LogP contribution in [0.5, 0.6) is 5.75 Å². The Balaban J connectivity index is 1.61. The van der Waals surface area contributed by atoms with Crippen LogP contribution in [0.1, 0.15) is 22.4 Å². The van der Waals surface area contributed by atoms with E-state index in [0.29, 0.717) is 27.2 Å². The highest BCUT2D eigenvalue weighted by molar-refractivity contribution is 6.32. The summed E-state index contributed by atoms with van der Waals surface area (Å²) in [6.07, 6.45) is 1.47. The number of para-hydroxylation sites is 1. The van der Waals surface area contributed by atoms with Crippen molar-refractivity contribution in [3.05, 3.63) is 75.0 Å². The van der Waals surface area contributed by atoms with Crippen molar-refractivity contribution in [1.29, 1.82) is 0 Å². The Morgan fingerprint density at radius 3 is 2.48 bits per heavy atom. The highest BCUT2D eigenvalue weighted by Gasteiger charge is 2.13. The predicted octanol–water partition coefficient (Wildman–Crippen LogP) is 4.63. The molecule has 2 aromatic carbocycles. The minimum atomic E-state index is -0.393. The van der Waals surface area contributed by atoms with Gasteiger partial charge in [-0.1, -0.05) is 41.4 Å². The second kappa shape index (κ2) is 9.11. The van der Waals surface area contributed by atoms with E-state index in [-0.39, 0.29) is 6.61 Å². The molecule has 150 valence electrons. The van der Waals surface area contributed by atoms with Gasteiger partial charge in [-0.05, 0) is 56.2 Å². The maximum absolute atomic E-state index is 12.0. The molecular weight excluding hydrogens is 411 g/mol. The molecule has 0 saturated heterocycles.